The van der Waals surface area contributed by atoms with E-state index in [-0.39, 0.29) is 18.2 Å². The molecule has 1 aromatic heterocycles. The third-order valence-corrected chi connectivity index (χ3v) is 4.55. The van der Waals surface area contributed by atoms with Gasteiger partial charge in [0.2, 0.25) is 10.0 Å². The number of carbonyl (C=O) groups excluding carboxylic acids is 1. The summed E-state index contributed by atoms with van der Waals surface area (Å²) in [5, 5.41) is 7.45. The first-order chi connectivity index (χ1) is 10.4. The quantitative estimate of drug-likeness (QED) is 0.818. The summed E-state index contributed by atoms with van der Waals surface area (Å²) in [6.45, 7) is 3.08. The summed E-state index contributed by atoms with van der Waals surface area (Å²) in [6, 6.07) is 3.76. The number of nitrogens with zero attached hydrogens (tertiary/aromatic N) is 2. The van der Waals surface area contributed by atoms with Crippen LogP contribution in [0.3, 0.4) is 0 Å². The number of pyridine rings is 1. The molecule has 0 saturated carbocycles. The highest BCUT2D eigenvalue weighted by Gasteiger charge is 2.20. The van der Waals surface area contributed by atoms with Crippen molar-refractivity contribution in [3.05, 3.63) is 23.9 Å². The number of nitrogens with one attached hydrogen (secondary N) is 1. The predicted molar refractivity (Wildman–Crippen MR) is 85.2 cm³/mol. The molecule has 122 valence electrons. The van der Waals surface area contributed by atoms with E-state index < -0.39 is 10.0 Å². The van der Waals surface area contributed by atoms with E-state index in [4.69, 9.17) is 5.14 Å². The molecule has 0 radical (unpaired) electrons. The second-order valence-electron chi connectivity index (χ2n) is 5.56. The molecule has 2 heterocycles. The Morgan fingerprint density at radius 2 is 2.27 bits per heavy atom. The van der Waals surface area contributed by atoms with Crippen LogP contribution < -0.4 is 15.4 Å². The Bertz CT molecular complexity index is 633. The molecule has 1 aromatic rings. The van der Waals surface area contributed by atoms with Crippen molar-refractivity contribution < 1.29 is 13.2 Å². The monoisotopic (exact) mass is 326 g/mol. The number of anilines is 1. The molecule has 1 aliphatic heterocycles. The molecule has 8 heteroatoms. The van der Waals surface area contributed by atoms with Crippen LogP contribution in [-0.2, 0) is 10.0 Å². The Morgan fingerprint density at radius 1 is 1.50 bits per heavy atom. The lowest BCUT2D eigenvalue weighted by atomic mass is 10.0. The highest BCUT2D eigenvalue weighted by Crippen LogP contribution is 2.23. The highest BCUT2D eigenvalue weighted by molar-refractivity contribution is 7.89. The van der Waals surface area contributed by atoms with Crippen LogP contribution >= 0.6 is 0 Å². The lowest BCUT2D eigenvalue weighted by molar-refractivity contribution is 0.0956. The maximum Gasteiger partial charge on any atom is 0.251 e. The number of sulfonamides is 1. The minimum absolute atomic E-state index is 0.00452. The van der Waals surface area contributed by atoms with Gasteiger partial charge in [0, 0.05) is 30.9 Å². The standard InChI is InChI=1S/C14H22N4O3S/c1-11-4-2-3-8-18(11)13-10-12(5-6-16-13)14(19)17-7-9-22(15,20)21/h5-6,10-11H,2-4,7-9H2,1H3,(H,17,19)(H2,15,20,21)/t11-/m1/s1. The van der Waals surface area contributed by atoms with Crippen LogP contribution in [0.15, 0.2) is 18.3 Å². The van der Waals surface area contributed by atoms with E-state index in [1.807, 2.05) is 0 Å². The molecule has 22 heavy (non-hydrogen) atoms. The van der Waals surface area contributed by atoms with E-state index in [2.05, 4.69) is 22.1 Å². The molecule has 2 rings (SSSR count). The molecule has 1 amide bonds. The zero-order valence-corrected chi connectivity index (χ0v) is 13.5. The zero-order valence-electron chi connectivity index (χ0n) is 12.7. The first kappa shape index (κ1) is 16.7. The molecule has 0 aliphatic carbocycles. The van der Waals surface area contributed by atoms with Gasteiger partial charge in [0.15, 0.2) is 0 Å². The SMILES string of the molecule is C[C@@H]1CCCCN1c1cc(C(=O)NCCS(N)(=O)=O)ccn1. The van der Waals surface area contributed by atoms with Crippen molar-refractivity contribution in [2.75, 3.05) is 23.7 Å². The molecule has 0 spiro atoms. The number of hydrogen-bond donors (Lipinski definition) is 2. The van der Waals surface area contributed by atoms with E-state index in [9.17, 15) is 13.2 Å². The van der Waals surface area contributed by atoms with Gasteiger partial charge in [-0.05, 0) is 38.3 Å². The second kappa shape index (κ2) is 7.06. The average molecular weight is 326 g/mol. The fourth-order valence-electron chi connectivity index (χ4n) is 2.56. The average Bonchev–Trinajstić information content (AvgIpc) is 2.46. The van der Waals surface area contributed by atoms with Crippen LogP contribution in [0.25, 0.3) is 0 Å². The zero-order chi connectivity index (χ0) is 16.2. The van der Waals surface area contributed by atoms with Gasteiger partial charge in [-0.2, -0.15) is 0 Å². The third-order valence-electron chi connectivity index (χ3n) is 3.78. The van der Waals surface area contributed by atoms with Crippen LogP contribution in [0.5, 0.6) is 0 Å². The van der Waals surface area contributed by atoms with Crippen molar-refractivity contribution in [1.29, 1.82) is 0 Å². The van der Waals surface area contributed by atoms with Gasteiger partial charge in [-0.1, -0.05) is 0 Å². The first-order valence-electron chi connectivity index (χ1n) is 7.38. The molecule has 0 aromatic carbocycles. The number of primary sulfonamides is 1. The normalized spacial score (nSPS) is 19.0. The smallest absolute Gasteiger partial charge is 0.251 e. The fourth-order valence-corrected chi connectivity index (χ4v) is 2.95. The van der Waals surface area contributed by atoms with Gasteiger partial charge in [0.05, 0.1) is 5.75 Å². The van der Waals surface area contributed by atoms with Crippen molar-refractivity contribution in [2.45, 2.75) is 32.2 Å². The number of hydrogen-bond acceptors (Lipinski definition) is 5. The van der Waals surface area contributed by atoms with Crippen LogP contribution in [0.2, 0.25) is 0 Å². The molecule has 1 atom stereocenters. The van der Waals surface area contributed by atoms with Crippen molar-refractivity contribution in [3.63, 3.8) is 0 Å². The Kier molecular flexibility index (Phi) is 5.36. The minimum atomic E-state index is -3.57. The summed E-state index contributed by atoms with van der Waals surface area (Å²) in [7, 11) is -3.57. The van der Waals surface area contributed by atoms with E-state index in [0.29, 0.717) is 11.6 Å². The Hall–Kier alpha value is -1.67. The molecule has 0 unspecified atom stereocenters. The molecule has 1 aliphatic rings. The van der Waals surface area contributed by atoms with E-state index in [1.165, 1.54) is 6.42 Å². The molecule has 3 N–H and O–H groups in total. The number of rotatable bonds is 5. The van der Waals surface area contributed by atoms with Crippen molar-refractivity contribution in [1.82, 2.24) is 10.3 Å². The maximum absolute atomic E-state index is 12.1. The summed E-state index contributed by atoms with van der Waals surface area (Å²) in [6.07, 6.45) is 5.06. The number of amides is 1. The molecule has 0 bridgehead atoms. The lowest BCUT2D eigenvalue weighted by Gasteiger charge is -2.34. The highest BCUT2D eigenvalue weighted by atomic mass is 32.2. The molecule has 1 fully saturated rings. The van der Waals surface area contributed by atoms with E-state index in [0.717, 1.165) is 25.2 Å². The summed E-state index contributed by atoms with van der Waals surface area (Å²) < 4.78 is 21.7. The summed E-state index contributed by atoms with van der Waals surface area (Å²) in [4.78, 5) is 18.6. The maximum atomic E-state index is 12.1. The number of aromatic nitrogens is 1. The second-order valence-corrected chi connectivity index (χ2v) is 7.30. The van der Waals surface area contributed by atoms with Gasteiger partial charge < -0.3 is 10.2 Å². The lowest BCUT2D eigenvalue weighted by Crippen LogP contribution is -2.38. The van der Waals surface area contributed by atoms with Gasteiger partial charge in [-0.3, -0.25) is 4.79 Å². The van der Waals surface area contributed by atoms with Crippen LogP contribution in [0, 0.1) is 0 Å². The van der Waals surface area contributed by atoms with Crippen molar-refractivity contribution in [3.8, 4) is 0 Å². The third kappa shape index (κ3) is 4.67. The first-order valence-corrected chi connectivity index (χ1v) is 9.10. The van der Waals surface area contributed by atoms with Gasteiger partial charge in [-0.25, -0.2) is 18.5 Å². The topological polar surface area (TPSA) is 105 Å². The Balaban J connectivity index is 2.02. The van der Waals surface area contributed by atoms with Crippen LogP contribution in [0.1, 0.15) is 36.5 Å². The summed E-state index contributed by atoms with van der Waals surface area (Å²) in [5.41, 5.74) is 0.470. The molecule has 7 nitrogen and oxygen atoms in total. The Labute approximate surface area is 131 Å². The summed E-state index contributed by atoms with van der Waals surface area (Å²) in [5.74, 6) is 0.183. The van der Waals surface area contributed by atoms with Crippen molar-refractivity contribution in [2.24, 2.45) is 5.14 Å². The van der Waals surface area contributed by atoms with E-state index >= 15 is 0 Å². The summed E-state index contributed by atoms with van der Waals surface area (Å²) >= 11 is 0. The minimum Gasteiger partial charge on any atom is -0.354 e. The van der Waals surface area contributed by atoms with Crippen LogP contribution in [0.4, 0.5) is 5.82 Å². The number of carbonyl (C=O) groups is 1. The Morgan fingerprint density at radius 3 is 2.95 bits per heavy atom. The number of nitrogens with two attached hydrogens (primary N) is 1. The predicted octanol–water partition coefficient (Wildman–Crippen LogP) is 0.479. The van der Waals surface area contributed by atoms with Crippen molar-refractivity contribution >= 4 is 21.7 Å². The largest absolute Gasteiger partial charge is 0.354 e. The van der Waals surface area contributed by atoms with Gasteiger partial charge >= 0.3 is 0 Å². The fraction of sp³-hybridized carbons (Fsp3) is 0.571. The molecule has 1 saturated heterocycles. The van der Waals surface area contributed by atoms with Gasteiger partial charge in [-0.15, -0.1) is 0 Å². The van der Waals surface area contributed by atoms with Gasteiger partial charge in [0.1, 0.15) is 5.82 Å². The van der Waals surface area contributed by atoms with Gasteiger partial charge in [0.25, 0.3) is 5.91 Å². The number of piperidine rings is 1. The molecular weight excluding hydrogens is 304 g/mol. The molecular formula is C14H22N4O3S. The van der Waals surface area contributed by atoms with E-state index in [1.54, 1.807) is 18.3 Å². The van der Waals surface area contributed by atoms with Crippen LogP contribution in [-0.4, -0.2) is 44.2 Å².